The number of hydrogen-bond donors (Lipinski definition) is 2. The molecule has 13 heteroatoms. The van der Waals surface area contributed by atoms with Gasteiger partial charge in [0.1, 0.15) is 12.2 Å². The highest BCUT2D eigenvalue weighted by Gasteiger charge is 2.61. The maximum Gasteiger partial charge on any atom is 0.475 e. The molecular weight excluding hydrogens is 384 g/mol. The number of nitrogen functional groups attached to an aromatic ring is 1. The highest BCUT2D eigenvalue weighted by molar-refractivity contribution is 7.48. The Labute approximate surface area is 152 Å². The van der Waals surface area contributed by atoms with Gasteiger partial charge in [-0.2, -0.15) is 4.98 Å². The van der Waals surface area contributed by atoms with Crippen molar-refractivity contribution in [2.45, 2.75) is 51.0 Å². The van der Waals surface area contributed by atoms with Crippen LogP contribution in [0.4, 0.5) is 10.3 Å². The van der Waals surface area contributed by atoms with Crippen LogP contribution in [0.3, 0.4) is 0 Å². The van der Waals surface area contributed by atoms with Gasteiger partial charge in [-0.3, -0.25) is 27.9 Å². The second-order valence-electron chi connectivity index (χ2n) is 6.88. The molecule has 3 unspecified atom stereocenters. The van der Waals surface area contributed by atoms with Crippen LogP contribution in [0.25, 0.3) is 11.2 Å². The number of anilines is 1. The lowest BCUT2D eigenvalue weighted by molar-refractivity contribution is -0.0733. The number of hydrogen-bond acceptors (Lipinski definition) is 9. The van der Waals surface area contributed by atoms with Crippen molar-refractivity contribution in [1.29, 1.82) is 0 Å². The van der Waals surface area contributed by atoms with Crippen LogP contribution in [0.5, 0.6) is 0 Å². The number of imidazole rings is 1. The van der Waals surface area contributed by atoms with Gasteiger partial charge in [-0.25, -0.2) is 13.9 Å². The summed E-state index contributed by atoms with van der Waals surface area (Å²) in [4.78, 5) is 22.2. The van der Waals surface area contributed by atoms with Crippen LogP contribution in [0, 0.1) is 0 Å². The van der Waals surface area contributed by atoms with E-state index in [2.05, 4.69) is 15.0 Å². The molecule has 0 radical (unpaired) electrons. The lowest BCUT2D eigenvalue weighted by Crippen LogP contribution is -2.45. The fourth-order valence-corrected chi connectivity index (χ4v) is 4.91. The predicted molar refractivity (Wildman–Crippen MR) is 90.6 cm³/mol. The molecule has 0 aliphatic carbocycles. The minimum atomic E-state index is -3.92. The molecule has 2 aromatic heterocycles. The summed E-state index contributed by atoms with van der Waals surface area (Å²) in [5.74, 6) is -0.139. The monoisotopic (exact) mass is 403 g/mol. The third kappa shape index (κ3) is 2.97. The maximum absolute atomic E-state index is 15.7. The van der Waals surface area contributed by atoms with Gasteiger partial charge in [0.05, 0.1) is 19.0 Å². The van der Waals surface area contributed by atoms with Gasteiger partial charge in [0.2, 0.25) is 5.95 Å². The smallest absolute Gasteiger partial charge is 0.369 e. The fourth-order valence-electron chi connectivity index (χ4n) is 3.27. The Kier molecular flexibility index (Phi) is 4.17. The molecule has 2 aromatic rings. The number of phosphoric acid groups is 1. The van der Waals surface area contributed by atoms with Crippen LogP contribution in [0.15, 0.2) is 11.1 Å². The largest absolute Gasteiger partial charge is 0.475 e. The molecule has 4 rings (SSSR count). The normalized spacial score (nSPS) is 36.4. The average molecular weight is 403 g/mol. The van der Waals surface area contributed by atoms with E-state index in [-0.39, 0.29) is 23.7 Å². The summed E-state index contributed by atoms with van der Waals surface area (Å²) in [6, 6.07) is 0. The van der Waals surface area contributed by atoms with Crippen molar-refractivity contribution in [2.24, 2.45) is 0 Å². The Hall–Kier alpha value is -1.85. The molecule has 0 spiro atoms. The van der Waals surface area contributed by atoms with Gasteiger partial charge >= 0.3 is 7.82 Å². The number of nitrogens with two attached hydrogens (primary N) is 1. The van der Waals surface area contributed by atoms with Gasteiger partial charge in [-0.05, 0) is 20.8 Å². The topological polar surface area (TPSA) is 144 Å². The molecule has 0 aromatic carbocycles. The van der Waals surface area contributed by atoms with Crippen molar-refractivity contribution < 1.29 is 27.3 Å². The average Bonchev–Trinajstić information content (AvgIpc) is 3.05. The Bertz CT molecular complexity index is 990. The zero-order valence-electron chi connectivity index (χ0n) is 14.8. The highest BCUT2D eigenvalue weighted by Crippen LogP contribution is 2.60. The first-order valence-corrected chi connectivity index (χ1v) is 9.75. The van der Waals surface area contributed by atoms with Crippen LogP contribution in [-0.2, 0) is 22.9 Å². The van der Waals surface area contributed by atoms with Crippen molar-refractivity contribution >= 4 is 24.9 Å². The predicted octanol–water partition coefficient (Wildman–Crippen LogP) is 1.28. The first-order chi connectivity index (χ1) is 12.6. The van der Waals surface area contributed by atoms with Crippen molar-refractivity contribution in [1.82, 2.24) is 19.5 Å². The lowest BCUT2D eigenvalue weighted by atomic mass is 9.98. The number of halogens is 1. The van der Waals surface area contributed by atoms with Crippen LogP contribution in [0.2, 0.25) is 0 Å². The number of aromatic nitrogens is 4. The summed E-state index contributed by atoms with van der Waals surface area (Å²) in [5.41, 5.74) is 2.93. The van der Waals surface area contributed by atoms with Gasteiger partial charge in [-0.15, -0.1) is 0 Å². The van der Waals surface area contributed by atoms with E-state index in [1.54, 1.807) is 13.8 Å². The van der Waals surface area contributed by atoms with Crippen molar-refractivity contribution in [3.63, 3.8) is 0 Å². The molecule has 0 bridgehead atoms. The first kappa shape index (κ1) is 18.5. The summed E-state index contributed by atoms with van der Waals surface area (Å²) < 4.78 is 51.1. The van der Waals surface area contributed by atoms with Gasteiger partial charge in [-0.1, -0.05) is 0 Å². The molecule has 2 saturated heterocycles. The second-order valence-corrected chi connectivity index (χ2v) is 8.45. The fraction of sp³-hybridized carbons (Fsp3) is 0.643. The number of nitrogens with one attached hydrogen (secondary N) is 1. The summed E-state index contributed by atoms with van der Waals surface area (Å²) in [6.45, 7) is 4.39. The number of H-pyrrole nitrogens is 1. The van der Waals surface area contributed by atoms with Gasteiger partial charge in [0, 0.05) is 0 Å². The van der Waals surface area contributed by atoms with Crippen LogP contribution < -0.4 is 11.3 Å². The molecule has 3 N–H and O–H groups in total. The van der Waals surface area contributed by atoms with E-state index in [0.717, 1.165) is 0 Å². The number of alkyl halides is 1. The molecule has 2 fully saturated rings. The molecule has 2 aliphatic rings. The molecule has 27 heavy (non-hydrogen) atoms. The van der Waals surface area contributed by atoms with Gasteiger partial charge in [0.25, 0.3) is 5.56 Å². The maximum atomic E-state index is 15.7. The van der Waals surface area contributed by atoms with Gasteiger partial charge in [0.15, 0.2) is 23.1 Å². The van der Waals surface area contributed by atoms with Crippen molar-refractivity contribution in [3.8, 4) is 0 Å². The van der Waals surface area contributed by atoms with Crippen molar-refractivity contribution in [3.05, 3.63) is 16.7 Å². The number of phosphoric ester groups is 1. The Morgan fingerprint density at radius 3 is 3.00 bits per heavy atom. The summed E-state index contributed by atoms with van der Waals surface area (Å²) in [5, 5.41) is 0. The number of rotatable bonds is 3. The third-order valence-corrected chi connectivity index (χ3v) is 5.99. The number of aromatic amines is 1. The number of ether oxygens (including phenoxy) is 1. The van der Waals surface area contributed by atoms with E-state index in [0.29, 0.717) is 0 Å². The van der Waals surface area contributed by atoms with E-state index in [1.807, 2.05) is 0 Å². The van der Waals surface area contributed by atoms with Crippen LogP contribution in [-0.4, -0.2) is 50.1 Å². The molecular formula is C14H19FN5O6P. The Morgan fingerprint density at radius 1 is 1.56 bits per heavy atom. The lowest BCUT2D eigenvalue weighted by Gasteiger charge is -2.34. The van der Waals surface area contributed by atoms with E-state index in [9.17, 15) is 9.36 Å². The summed E-state index contributed by atoms with van der Waals surface area (Å²) >= 11 is 0. The Balaban J connectivity index is 1.71. The zero-order valence-corrected chi connectivity index (χ0v) is 15.7. The summed E-state index contributed by atoms with van der Waals surface area (Å²) in [6.07, 6.45) is -2.50. The zero-order chi connectivity index (χ0) is 19.6. The standard InChI is InChI=1S/C14H19FN5O6P/c1-6(2)25-27(22)23-4-7-9(26-27)14(3,15)12(24-7)20-5-17-8-10(20)18-13(16)19-11(8)21/h5-7,9,12H,4H2,1-3H3,(H3,16,18,19,21)/t7-,9?,12-,14?,27?/m1/s1. The molecule has 11 nitrogen and oxygen atoms in total. The molecule has 2 aliphatic heterocycles. The molecule has 148 valence electrons. The quantitative estimate of drug-likeness (QED) is 0.724. The highest BCUT2D eigenvalue weighted by atomic mass is 31.2. The van der Waals surface area contributed by atoms with Crippen molar-refractivity contribution in [2.75, 3.05) is 12.3 Å². The van der Waals surface area contributed by atoms with E-state index in [4.69, 9.17) is 24.0 Å². The van der Waals surface area contributed by atoms with E-state index >= 15 is 4.39 Å². The van der Waals surface area contributed by atoms with E-state index < -0.39 is 43.6 Å². The minimum absolute atomic E-state index is 0.00977. The molecule has 4 heterocycles. The van der Waals surface area contributed by atoms with Crippen LogP contribution >= 0.6 is 7.82 Å². The summed E-state index contributed by atoms with van der Waals surface area (Å²) in [7, 11) is -3.92. The third-order valence-electron chi connectivity index (χ3n) is 4.36. The number of nitrogens with zero attached hydrogens (tertiary/aromatic N) is 3. The molecule has 0 saturated carbocycles. The SMILES string of the molecule is CC(C)OP1(=O)OC[C@H]2O[C@@H](n3cnc4c(=O)[nH]c(N)nc43)C(C)(F)C2O1. The Morgan fingerprint density at radius 2 is 2.30 bits per heavy atom. The number of fused-ring (bicyclic) bond motifs is 2. The first-order valence-electron chi connectivity index (χ1n) is 8.29. The van der Waals surface area contributed by atoms with Gasteiger partial charge < -0.3 is 10.5 Å². The molecule has 5 atom stereocenters. The van der Waals surface area contributed by atoms with E-state index in [1.165, 1.54) is 17.8 Å². The second kappa shape index (κ2) is 6.08. The van der Waals surface area contributed by atoms with Crippen LogP contribution in [0.1, 0.15) is 27.0 Å². The minimum Gasteiger partial charge on any atom is -0.369 e. The molecule has 0 amide bonds.